The molecule has 0 spiro atoms. The van der Waals surface area contributed by atoms with E-state index in [1.54, 1.807) is 5.56 Å². The number of hydrogen-bond donors (Lipinski definition) is 1. The third-order valence-corrected chi connectivity index (χ3v) is 6.34. The van der Waals surface area contributed by atoms with Crippen molar-refractivity contribution < 1.29 is 0 Å². The van der Waals surface area contributed by atoms with Gasteiger partial charge in [0.25, 0.3) is 0 Å². The predicted molar refractivity (Wildman–Crippen MR) is 106 cm³/mol. The Morgan fingerprint density at radius 3 is 2.62 bits per heavy atom. The standard InChI is InChI=1S/C22H28N4/c1-14(2)22-24-20(23-16-7-3-4-8-16)12-21(25-22)26-13-15-11-19(26)18-10-6-5-9-17(15)18/h5-6,9-10,12,14-16,19H,3-4,7-8,11,13H2,1-2H3,(H,23,24,25)/t15-,19+/m1/s1. The summed E-state index contributed by atoms with van der Waals surface area (Å²) in [4.78, 5) is 12.3. The van der Waals surface area contributed by atoms with E-state index in [1.807, 2.05) is 0 Å². The second-order valence-electron chi connectivity index (χ2n) is 8.48. The van der Waals surface area contributed by atoms with Crippen LogP contribution in [0.3, 0.4) is 0 Å². The van der Waals surface area contributed by atoms with Gasteiger partial charge in [-0.25, -0.2) is 9.97 Å². The van der Waals surface area contributed by atoms with Crippen molar-refractivity contribution in [2.24, 2.45) is 0 Å². The van der Waals surface area contributed by atoms with Gasteiger partial charge in [0.2, 0.25) is 0 Å². The topological polar surface area (TPSA) is 41.1 Å². The largest absolute Gasteiger partial charge is 0.367 e. The van der Waals surface area contributed by atoms with E-state index < -0.39 is 0 Å². The number of rotatable bonds is 4. The summed E-state index contributed by atoms with van der Waals surface area (Å²) in [5, 5.41) is 3.69. The second kappa shape index (κ2) is 6.26. The van der Waals surface area contributed by atoms with Crippen molar-refractivity contribution in [1.82, 2.24) is 9.97 Å². The Labute approximate surface area is 156 Å². The Balaban J connectivity index is 1.48. The third kappa shape index (κ3) is 2.67. The number of benzene rings is 1. The molecule has 2 aliphatic carbocycles. The lowest BCUT2D eigenvalue weighted by Gasteiger charge is -2.30. The summed E-state index contributed by atoms with van der Waals surface area (Å²) in [6, 6.07) is 12.2. The number of fused-ring (bicyclic) bond motifs is 5. The number of hydrogen-bond acceptors (Lipinski definition) is 4. The maximum Gasteiger partial charge on any atom is 0.135 e. The summed E-state index contributed by atoms with van der Waals surface area (Å²) in [5.74, 6) is 4.07. The molecule has 0 amide bonds. The van der Waals surface area contributed by atoms with Crippen molar-refractivity contribution in [1.29, 1.82) is 0 Å². The van der Waals surface area contributed by atoms with Crippen LogP contribution < -0.4 is 10.2 Å². The smallest absolute Gasteiger partial charge is 0.135 e. The SMILES string of the molecule is CC(C)c1nc(NC2CCCC2)cc(N2C[C@H]3C[C@H]2c2ccccc23)n1. The molecule has 2 bridgehead atoms. The van der Waals surface area contributed by atoms with Crippen LogP contribution in [-0.4, -0.2) is 22.6 Å². The van der Waals surface area contributed by atoms with Gasteiger partial charge in [-0.15, -0.1) is 0 Å². The lowest BCUT2D eigenvalue weighted by molar-refractivity contribution is 0.703. The van der Waals surface area contributed by atoms with Crippen molar-refractivity contribution in [2.45, 2.75) is 69.9 Å². The first-order chi connectivity index (χ1) is 12.7. The molecule has 3 aliphatic rings. The van der Waals surface area contributed by atoms with E-state index in [9.17, 15) is 0 Å². The monoisotopic (exact) mass is 348 g/mol. The minimum atomic E-state index is 0.339. The van der Waals surface area contributed by atoms with E-state index in [-0.39, 0.29) is 0 Å². The minimum absolute atomic E-state index is 0.339. The Bertz CT molecular complexity index is 810. The van der Waals surface area contributed by atoms with E-state index in [1.165, 1.54) is 37.7 Å². The normalized spacial score (nSPS) is 24.5. The summed E-state index contributed by atoms with van der Waals surface area (Å²) in [6.45, 7) is 5.45. The molecule has 136 valence electrons. The zero-order valence-electron chi connectivity index (χ0n) is 15.8. The first-order valence-corrected chi connectivity index (χ1v) is 10.2. The molecule has 26 heavy (non-hydrogen) atoms. The Morgan fingerprint density at radius 1 is 1.08 bits per heavy atom. The Morgan fingerprint density at radius 2 is 1.85 bits per heavy atom. The van der Waals surface area contributed by atoms with E-state index in [4.69, 9.17) is 9.97 Å². The van der Waals surface area contributed by atoms with Gasteiger partial charge in [0.05, 0.1) is 6.04 Å². The van der Waals surface area contributed by atoms with Crippen molar-refractivity contribution in [3.63, 3.8) is 0 Å². The lowest BCUT2D eigenvalue weighted by atomic mass is 9.99. The van der Waals surface area contributed by atoms with E-state index in [0.29, 0.717) is 23.9 Å². The summed E-state index contributed by atoms with van der Waals surface area (Å²) in [6.07, 6.45) is 6.42. The van der Waals surface area contributed by atoms with Gasteiger partial charge in [-0.3, -0.25) is 0 Å². The number of anilines is 2. The van der Waals surface area contributed by atoms with Crippen LogP contribution in [0.2, 0.25) is 0 Å². The first kappa shape index (κ1) is 16.1. The fourth-order valence-corrected chi connectivity index (χ4v) is 5.01. The van der Waals surface area contributed by atoms with Crippen LogP contribution >= 0.6 is 0 Å². The van der Waals surface area contributed by atoms with Crippen LogP contribution in [0.4, 0.5) is 11.6 Å². The number of aromatic nitrogens is 2. The highest BCUT2D eigenvalue weighted by atomic mass is 15.3. The van der Waals surface area contributed by atoms with Crippen LogP contribution in [0.1, 0.15) is 80.8 Å². The Hall–Kier alpha value is -2.10. The van der Waals surface area contributed by atoms with Crippen LogP contribution in [0, 0.1) is 0 Å². The Kier molecular flexibility index (Phi) is 3.87. The van der Waals surface area contributed by atoms with Crippen molar-refractivity contribution in [3.8, 4) is 0 Å². The molecule has 1 N–H and O–H groups in total. The summed E-state index contributed by atoms with van der Waals surface area (Å²) in [5.41, 5.74) is 3.05. The van der Waals surface area contributed by atoms with E-state index in [0.717, 1.165) is 24.0 Å². The van der Waals surface area contributed by atoms with Gasteiger partial charge in [0.1, 0.15) is 17.5 Å². The minimum Gasteiger partial charge on any atom is -0.367 e. The van der Waals surface area contributed by atoms with Gasteiger partial charge in [0.15, 0.2) is 0 Å². The number of nitrogens with one attached hydrogen (secondary N) is 1. The highest BCUT2D eigenvalue weighted by Crippen LogP contribution is 2.51. The number of nitrogens with zero attached hydrogens (tertiary/aromatic N) is 3. The van der Waals surface area contributed by atoms with E-state index >= 15 is 0 Å². The lowest BCUT2D eigenvalue weighted by Crippen LogP contribution is -2.29. The molecule has 2 fully saturated rings. The van der Waals surface area contributed by atoms with Crippen molar-refractivity contribution in [3.05, 3.63) is 47.3 Å². The molecule has 2 heterocycles. The summed E-state index contributed by atoms with van der Waals surface area (Å²) >= 11 is 0. The summed E-state index contributed by atoms with van der Waals surface area (Å²) in [7, 11) is 0. The van der Waals surface area contributed by atoms with Gasteiger partial charge >= 0.3 is 0 Å². The van der Waals surface area contributed by atoms with Crippen molar-refractivity contribution in [2.75, 3.05) is 16.8 Å². The molecule has 2 aromatic rings. The second-order valence-corrected chi connectivity index (χ2v) is 8.48. The molecule has 5 rings (SSSR count). The molecule has 0 unspecified atom stereocenters. The maximum atomic E-state index is 4.96. The summed E-state index contributed by atoms with van der Waals surface area (Å²) < 4.78 is 0. The van der Waals surface area contributed by atoms with Gasteiger partial charge in [-0.2, -0.15) is 0 Å². The molecule has 1 aliphatic heterocycles. The molecule has 2 atom stereocenters. The van der Waals surface area contributed by atoms with E-state index in [2.05, 4.69) is 54.4 Å². The van der Waals surface area contributed by atoms with Gasteiger partial charge in [-0.05, 0) is 30.4 Å². The van der Waals surface area contributed by atoms with Crippen LogP contribution in [0.25, 0.3) is 0 Å². The highest BCUT2D eigenvalue weighted by Gasteiger charge is 2.42. The fourth-order valence-electron chi connectivity index (χ4n) is 5.01. The van der Waals surface area contributed by atoms with Crippen molar-refractivity contribution >= 4 is 11.6 Å². The quantitative estimate of drug-likeness (QED) is 0.844. The average molecular weight is 348 g/mol. The third-order valence-electron chi connectivity index (χ3n) is 6.34. The highest BCUT2D eigenvalue weighted by molar-refractivity contribution is 5.57. The zero-order chi connectivity index (χ0) is 17.7. The molecular weight excluding hydrogens is 320 g/mol. The fraction of sp³-hybridized carbons (Fsp3) is 0.545. The first-order valence-electron chi connectivity index (χ1n) is 10.2. The predicted octanol–water partition coefficient (Wildman–Crippen LogP) is 5.00. The average Bonchev–Trinajstić information content (AvgIpc) is 3.38. The molecule has 0 radical (unpaired) electrons. The molecule has 1 aromatic carbocycles. The van der Waals surface area contributed by atoms with Gasteiger partial charge < -0.3 is 10.2 Å². The van der Waals surface area contributed by atoms with Crippen LogP contribution in [0.15, 0.2) is 30.3 Å². The van der Waals surface area contributed by atoms with Gasteiger partial charge in [0, 0.05) is 30.5 Å². The zero-order valence-corrected chi connectivity index (χ0v) is 15.8. The van der Waals surface area contributed by atoms with Crippen LogP contribution in [-0.2, 0) is 0 Å². The molecule has 1 aromatic heterocycles. The molecule has 1 saturated carbocycles. The molecule has 1 saturated heterocycles. The van der Waals surface area contributed by atoms with Crippen LogP contribution in [0.5, 0.6) is 0 Å². The molecular formula is C22H28N4. The maximum absolute atomic E-state index is 4.96. The van der Waals surface area contributed by atoms with Gasteiger partial charge in [-0.1, -0.05) is 51.0 Å². The molecule has 4 heteroatoms. The molecule has 4 nitrogen and oxygen atoms in total.